The molecule has 1 aliphatic carbocycles. The highest BCUT2D eigenvalue weighted by Gasteiger charge is 2.28. The molecule has 1 aromatic heterocycles. The number of aryl methyl sites for hydroxylation is 1. The first-order valence-electron chi connectivity index (χ1n) is 11.0. The van der Waals surface area contributed by atoms with Gasteiger partial charge in [-0.15, -0.1) is 0 Å². The second kappa shape index (κ2) is 8.83. The van der Waals surface area contributed by atoms with E-state index in [9.17, 15) is 9.59 Å². The van der Waals surface area contributed by atoms with Crippen molar-refractivity contribution in [2.75, 3.05) is 6.61 Å². The lowest BCUT2D eigenvalue weighted by molar-refractivity contribution is 0.0475. The summed E-state index contributed by atoms with van der Waals surface area (Å²) in [6, 6.07) is 24.8. The topological polar surface area (TPSA) is 56.3 Å². The molecule has 0 fully saturated rings. The van der Waals surface area contributed by atoms with Crippen LogP contribution in [0.2, 0.25) is 0 Å². The van der Waals surface area contributed by atoms with Crippen molar-refractivity contribution in [1.29, 1.82) is 0 Å². The van der Waals surface area contributed by atoms with Crippen molar-refractivity contribution in [2.45, 2.75) is 19.8 Å². The van der Waals surface area contributed by atoms with Crippen molar-refractivity contribution in [2.24, 2.45) is 0 Å². The third-order valence-electron chi connectivity index (χ3n) is 5.99. The van der Waals surface area contributed by atoms with Crippen LogP contribution in [0.1, 0.15) is 49.5 Å². The molecule has 5 rings (SSSR count). The second-order valence-corrected chi connectivity index (χ2v) is 8.28. The maximum atomic E-state index is 13.2. The molecular weight excluding hydrogens is 410 g/mol. The largest absolute Gasteiger partial charge is 0.454 e. The number of aromatic nitrogens is 1. The molecule has 33 heavy (non-hydrogen) atoms. The van der Waals surface area contributed by atoms with Crippen molar-refractivity contribution in [3.63, 3.8) is 0 Å². The first-order chi connectivity index (χ1) is 16.1. The van der Waals surface area contributed by atoms with E-state index in [1.807, 2.05) is 30.3 Å². The van der Waals surface area contributed by atoms with Crippen LogP contribution in [0.25, 0.3) is 22.6 Å². The third-order valence-corrected chi connectivity index (χ3v) is 5.99. The molecule has 4 aromatic rings. The molecule has 1 aliphatic rings. The van der Waals surface area contributed by atoms with Gasteiger partial charge in [-0.25, -0.2) is 9.78 Å². The van der Waals surface area contributed by atoms with Gasteiger partial charge in [0.05, 0.1) is 16.8 Å². The van der Waals surface area contributed by atoms with Gasteiger partial charge in [0.25, 0.3) is 0 Å². The predicted octanol–water partition coefficient (Wildman–Crippen LogP) is 6.07. The van der Waals surface area contributed by atoms with Gasteiger partial charge < -0.3 is 4.74 Å². The molecule has 4 nitrogen and oxygen atoms in total. The number of carbonyl (C=O) groups is 2. The van der Waals surface area contributed by atoms with Crippen LogP contribution in [0.5, 0.6) is 0 Å². The number of pyridine rings is 1. The Morgan fingerprint density at radius 1 is 0.909 bits per heavy atom. The summed E-state index contributed by atoms with van der Waals surface area (Å²) in [6.45, 7) is 1.77. The molecule has 0 saturated carbocycles. The first kappa shape index (κ1) is 20.8. The molecule has 162 valence electrons. The minimum Gasteiger partial charge on any atom is -0.454 e. The first-order valence-corrected chi connectivity index (χ1v) is 11.0. The van der Waals surface area contributed by atoms with Gasteiger partial charge in [-0.2, -0.15) is 0 Å². The molecule has 4 heteroatoms. The number of fused-ring (bicyclic) bond motifs is 2. The van der Waals surface area contributed by atoms with Gasteiger partial charge in [0.1, 0.15) is 0 Å². The van der Waals surface area contributed by atoms with E-state index >= 15 is 0 Å². The van der Waals surface area contributed by atoms with Crippen LogP contribution in [0.4, 0.5) is 0 Å². The number of nitrogens with zero attached hydrogens (tertiary/aromatic N) is 1. The van der Waals surface area contributed by atoms with Crippen LogP contribution in [-0.2, 0) is 11.2 Å². The van der Waals surface area contributed by atoms with Crippen LogP contribution in [0.3, 0.4) is 0 Å². The summed E-state index contributed by atoms with van der Waals surface area (Å²) in [6.07, 6.45) is 3.65. The van der Waals surface area contributed by atoms with Crippen LogP contribution in [0, 0.1) is 6.92 Å². The van der Waals surface area contributed by atoms with Crippen molar-refractivity contribution >= 4 is 34.3 Å². The lowest BCUT2D eigenvalue weighted by Gasteiger charge is -2.12. The van der Waals surface area contributed by atoms with E-state index < -0.39 is 5.97 Å². The molecule has 1 heterocycles. The molecule has 3 aromatic carbocycles. The smallest absolute Gasteiger partial charge is 0.339 e. The highest BCUT2D eigenvalue weighted by Crippen LogP contribution is 2.37. The average Bonchev–Trinajstić information content (AvgIpc) is 3.24. The number of benzene rings is 3. The molecule has 0 aliphatic heterocycles. The Morgan fingerprint density at radius 3 is 2.42 bits per heavy atom. The number of allylic oxidation sites excluding steroid dienone is 1. The summed E-state index contributed by atoms with van der Waals surface area (Å²) >= 11 is 0. The zero-order valence-electron chi connectivity index (χ0n) is 18.4. The monoisotopic (exact) mass is 433 g/mol. The Kier molecular flexibility index (Phi) is 5.57. The van der Waals surface area contributed by atoms with Crippen LogP contribution in [-0.4, -0.2) is 23.3 Å². The third kappa shape index (κ3) is 4.20. The molecule has 0 atom stereocenters. The van der Waals surface area contributed by atoms with E-state index in [-0.39, 0.29) is 12.4 Å². The number of hydrogen-bond acceptors (Lipinski definition) is 4. The Morgan fingerprint density at radius 2 is 1.64 bits per heavy atom. The fourth-order valence-electron chi connectivity index (χ4n) is 4.29. The molecule has 0 radical (unpaired) electrons. The Bertz CT molecular complexity index is 1390. The Labute approximate surface area is 192 Å². The molecule has 0 unspecified atom stereocenters. The molecule has 0 saturated heterocycles. The minimum absolute atomic E-state index is 0.223. The number of ketones is 1. The number of Topliss-reactive ketones (excluding diaryl/α,β-unsaturated/α-hetero) is 1. The number of para-hydroxylation sites is 1. The van der Waals surface area contributed by atoms with Gasteiger partial charge in [0, 0.05) is 10.9 Å². The number of rotatable bonds is 5. The quantitative estimate of drug-likeness (QED) is 0.283. The standard InChI is InChI=1S/C29H23NO3/c1-19-11-13-20(14-12-19)17-22-15-16-24-27(23-9-5-6-10-25(23)30-28(22)24)29(32)33-18-26(31)21-7-3-2-4-8-21/h2-14,17H,15-16,18H2,1H3. The lowest BCUT2D eigenvalue weighted by atomic mass is 10.0. The van der Waals surface area contributed by atoms with Crippen molar-refractivity contribution in [1.82, 2.24) is 4.98 Å². The summed E-state index contributed by atoms with van der Waals surface area (Å²) < 4.78 is 5.51. The fraction of sp³-hybridized carbons (Fsp3) is 0.138. The van der Waals surface area contributed by atoms with E-state index in [1.54, 1.807) is 24.3 Å². The highest BCUT2D eigenvalue weighted by molar-refractivity contribution is 6.08. The summed E-state index contributed by atoms with van der Waals surface area (Å²) in [5.74, 6) is -0.704. The normalized spacial score (nSPS) is 13.8. The summed E-state index contributed by atoms with van der Waals surface area (Å²) in [4.78, 5) is 30.6. The zero-order valence-corrected chi connectivity index (χ0v) is 18.4. The zero-order chi connectivity index (χ0) is 22.8. The average molecular weight is 434 g/mol. The maximum absolute atomic E-state index is 13.2. The molecule has 0 bridgehead atoms. The summed E-state index contributed by atoms with van der Waals surface area (Å²) in [7, 11) is 0. The van der Waals surface area contributed by atoms with Gasteiger partial charge >= 0.3 is 5.97 Å². The number of ether oxygens (including phenoxy) is 1. The maximum Gasteiger partial charge on any atom is 0.339 e. The van der Waals surface area contributed by atoms with Crippen molar-refractivity contribution in [3.8, 4) is 0 Å². The van der Waals surface area contributed by atoms with E-state index in [0.29, 0.717) is 17.5 Å². The molecule has 0 spiro atoms. The predicted molar refractivity (Wildman–Crippen MR) is 130 cm³/mol. The van der Waals surface area contributed by atoms with E-state index in [1.165, 1.54) is 5.56 Å². The van der Waals surface area contributed by atoms with Crippen molar-refractivity contribution in [3.05, 3.63) is 112 Å². The van der Waals surface area contributed by atoms with E-state index in [2.05, 4.69) is 37.3 Å². The second-order valence-electron chi connectivity index (χ2n) is 8.28. The van der Waals surface area contributed by atoms with Crippen molar-refractivity contribution < 1.29 is 14.3 Å². The van der Waals surface area contributed by atoms with Gasteiger partial charge in [-0.05, 0) is 48.6 Å². The van der Waals surface area contributed by atoms with Crippen LogP contribution < -0.4 is 0 Å². The van der Waals surface area contributed by atoms with E-state index in [4.69, 9.17) is 9.72 Å². The minimum atomic E-state index is -0.481. The highest BCUT2D eigenvalue weighted by atomic mass is 16.5. The van der Waals surface area contributed by atoms with Gasteiger partial charge in [0.15, 0.2) is 12.4 Å². The summed E-state index contributed by atoms with van der Waals surface area (Å²) in [5.41, 5.74) is 6.95. The van der Waals surface area contributed by atoms with Crippen LogP contribution in [0.15, 0.2) is 78.9 Å². The Hall–Kier alpha value is -4.05. The molecule has 0 N–H and O–H groups in total. The van der Waals surface area contributed by atoms with Gasteiger partial charge in [-0.1, -0.05) is 78.4 Å². The number of esters is 1. The molecular formula is C29H23NO3. The van der Waals surface area contributed by atoms with Gasteiger partial charge in [-0.3, -0.25) is 4.79 Å². The van der Waals surface area contributed by atoms with Gasteiger partial charge in [0.2, 0.25) is 0 Å². The molecule has 0 amide bonds. The van der Waals surface area contributed by atoms with E-state index in [0.717, 1.165) is 39.7 Å². The van der Waals surface area contributed by atoms with Crippen LogP contribution >= 0.6 is 0 Å². The SMILES string of the molecule is Cc1ccc(C=C2CCc3c2nc2ccccc2c3C(=O)OCC(=O)c2ccccc2)cc1. The lowest BCUT2D eigenvalue weighted by Crippen LogP contribution is -2.16. The number of hydrogen-bond donors (Lipinski definition) is 0. The fourth-order valence-corrected chi connectivity index (χ4v) is 4.29. The summed E-state index contributed by atoms with van der Waals surface area (Å²) in [5, 5.41) is 0.755. The Balaban J connectivity index is 1.50. The number of carbonyl (C=O) groups excluding carboxylic acids is 2.